The van der Waals surface area contributed by atoms with Gasteiger partial charge in [0.15, 0.2) is 0 Å². The Kier molecular flexibility index (Phi) is 34.3. The van der Waals surface area contributed by atoms with Crippen LogP contribution in [0.25, 0.3) is 0 Å². The van der Waals surface area contributed by atoms with E-state index in [9.17, 15) is 0 Å². The SMILES string of the molecule is CC(C)(C)C1=CCC=N1.CC(C)(C)C1=CCN=C1.CC(C)(C)CC1=CCN=C1.CC(C)(C)c1ccccc1.CC(C)(C)c1ccccc1N.CC(C)(C)c1ccccn1.COC(C)(C)C.COC(C)(C)C.Cc1cc(C(C)(C)C)ccn1. The van der Waals surface area contributed by atoms with Crippen molar-refractivity contribution in [2.45, 2.75) is 240 Å². The highest BCUT2D eigenvalue weighted by molar-refractivity contribution is 5.82. The fourth-order valence-corrected chi connectivity index (χ4v) is 6.78. The van der Waals surface area contributed by atoms with Gasteiger partial charge in [-0.05, 0) is 140 Å². The van der Waals surface area contributed by atoms with Gasteiger partial charge in [0.2, 0.25) is 0 Å². The van der Waals surface area contributed by atoms with Crippen molar-refractivity contribution in [3.63, 3.8) is 0 Å². The van der Waals surface area contributed by atoms with Crippen molar-refractivity contribution in [3.05, 3.63) is 160 Å². The number of hydrogen-bond donors (Lipinski definition) is 1. The number of nitrogens with zero attached hydrogens (tertiary/aromatic N) is 5. The second-order valence-electron chi connectivity index (χ2n) is 30.3. The van der Waals surface area contributed by atoms with Crippen molar-refractivity contribution >= 4 is 24.3 Å². The third-order valence-corrected chi connectivity index (χ3v) is 12.2. The number of ether oxygens (including phenoxy) is 2. The topological polar surface area (TPSA) is 107 Å². The van der Waals surface area contributed by atoms with Crippen LogP contribution in [-0.4, -0.2) is 67.1 Å². The molecule has 0 saturated heterocycles. The molecule has 8 nitrogen and oxygen atoms in total. The number of methoxy groups -OCH3 is 2. The average Bonchev–Trinajstić information content (AvgIpc) is 4.19. The summed E-state index contributed by atoms with van der Waals surface area (Å²) in [6.45, 7) is 62.1. The van der Waals surface area contributed by atoms with Crippen LogP contribution in [0.1, 0.15) is 228 Å². The van der Waals surface area contributed by atoms with Gasteiger partial charge in [-0.3, -0.25) is 24.9 Å². The summed E-state index contributed by atoms with van der Waals surface area (Å²) in [5, 5.41) is 0. The molecule has 7 rings (SSSR count). The normalized spacial score (nSPS) is 13.9. The Morgan fingerprint density at radius 3 is 1.22 bits per heavy atom. The van der Waals surface area contributed by atoms with Crippen molar-refractivity contribution < 1.29 is 9.47 Å². The lowest BCUT2D eigenvalue weighted by Crippen LogP contribution is -2.15. The van der Waals surface area contributed by atoms with Crippen LogP contribution in [0, 0.1) is 23.2 Å². The molecule has 4 aromatic rings. The zero-order chi connectivity index (χ0) is 64.0. The molecular formula is C74H122N6O2. The number of anilines is 1. The van der Waals surface area contributed by atoms with E-state index in [-0.39, 0.29) is 32.9 Å². The molecule has 2 aromatic carbocycles. The molecular weight excluding hydrogens is 1000 g/mol. The zero-order valence-electron chi connectivity index (χ0n) is 58.2. The van der Waals surface area contributed by atoms with E-state index in [4.69, 9.17) is 15.2 Å². The second kappa shape index (κ2) is 35.7. The van der Waals surface area contributed by atoms with E-state index in [1.807, 2.05) is 110 Å². The number of benzene rings is 2. The van der Waals surface area contributed by atoms with Crippen molar-refractivity contribution in [1.82, 2.24) is 9.97 Å². The van der Waals surface area contributed by atoms with E-state index in [0.717, 1.165) is 43.0 Å². The molecule has 3 aliphatic heterocycles. The molecule has 460 valence electrons. The van der Waals surface area contributed by atoms with E-state index in [1.54, 1.807) is 14.2 Å². The lowest BCUT2D eigenvalue weighted by Gasteiger charge is -2.20. The van der Waals surface area contributed by atoms with Gasteiger partial charge >= 0.3 is 0 Å². The fraction of sp³-hybridized carbons (Fsp3) is 0.581. The van der Waals surface area contributed by atoms with Gasteiger partial charge in [-0.15, -0.1) is 0 Å². The first-order valence-corrected chi connectivity index (χ1v) is 29.6. The summed E-state index contributed by atoms with van der Waals surface area (Å²) in [6, 6.07) is 28.8. The molecule has 0 fully saturated rings. The molecule has 82 heavy (non-hydrogen) atoms. The highest BCUT2D eigenvalue weighted by atomic mass is 16.5. The van der Waals surface area contributed by atoms with Crippen LogP contribution in [0.2, 0.25) is 0 Å². The minimum Gasteiger partial charge on any atom is -0.398 e. The summed E-state index contributed by atoms with van der Waals surface area (Å²) in [5.74, 6) is 0. The Balaban J connectivity index is 0. The predicted octanol–water partition coefficient (Wildman–Crippen LogP) is 20.3. The Labute approximate surface area is 505 Å². The number of nitrogens with two attached hydrogens (primary N) is 1. The van der Waals surface area contributed by atoms with E-state index in [2.05, 4.69) is 243 Å². The van der Waals surface area contributed by atoms with Crippen molar-refractivity contribution in [2.24, 2.45) is 31.2 Å². The first-order chi connectivity index (χ1) is 37.1. The summed E-state index contributed by atoms with van der Waals surface area (Å²) in [6.07, 6.45) is 18.4. The number of aromatic nitrogens is 2. The first-order valence-electron chi connectivity index (χ1n) is 29.6. The highest BCUT2D eigenvalue weighted by Gasteiger charge is 2.19. The molecule has 0 radical (unpaired) electrons. The Bertz CT molecular complexity index is 2430. The zero-order valence-corrected chi connectivity index (χ0v) is 58.2. The van der Waals surface area contributed by atoms with Crippen molar-refractivity contribution in [3.8, 4) is 0 Å². The number of hydrogen-bond acceptors (Lipinski definition) is 8. The summed E-state index contributed by atoms with van der Waals surface area (Å²) in [5.41, 5.74) is 18.8. The van der Waals surface area contributed by atoms with Crippen LogP contribution < -0.4 is 5.73 Å². The maximum atomic E-state index is 5.81. The smallest absolute Gasteiger partial charge is 0.0594 e. The van der Waals surface area contributed by atoms with E-state index < -0.39 is 0 Å². The number of allylic oxidation sites excluding steroid dienone is 4. The summed E-state index contributed by atoms with van der Waals surface area (Å²) >= 11 is 0. The summed E-state index contributed by atoms with van der Waals surface area (Å²) in [7, 11) is 3.42. The number of aliphatic imine (C=N–C) groups is 3. The minimum atomic E-state index is 0.0417. The van der Waals surface area contributed by atoms with E-state index in [1.165, 1.54) is 33.5 Å². The van der Waals surface area contributed by atoms with Gasteiger partial charge in [-0.1, -0.05) is 218 Å². The molecule has 2 N–H and O–H groups in total. The fourth-order valence-electron chi connectivity index (χ4n) is 6.78. The molecule has 5 heterocycles. The van der Waals surface area contributed by atoms with Crippen LogP contribution in [0.3, 0.4) is 0 Å². The van der Waals surface area contributed by atoms with Gasteiger partial charge in [0.25, 0.3) is 0 Å². The molecule has 0 aliphatic carbocycles. The largest absolute Gasteiger partial charge is 0.398 e. The van der Waals surface area contributed by atoms with Gasteiger partial charge in [0.1, 0.15) is 0 Å². The quantitative estimate of drug-likeness (QED) is 0.191. The van der Waals surface area contributed by atoms with E-state index >= 15 is 0 Å². The molecule has 8 heteroatoms. The average molecular weight is 1130 g/mol. The van der Waals surface area contributed by atoms with Crippen LogP contribution in [-0.2, 0) is 31.1 Å². The molecule has 0 saturated carbocycles. The highest BCUT2D eigenvalue weighted by Crippen LogP contribution is 2.30. The molecule has 0 spiro atoms. The van der Waals surface area contributed by atoms with Gasteiger partial charge < -0.3 is 15.2 Å². The number of rotatable bonds is 1. The molecule has 0 amide bonds. The lowest BCUT2D eigenvalue weighted by atomic mass is 9.86. The number of nitrogen functional groups attached to an aromatic ring is 1. The predicted molar refractivity (Wildman–Crippen MR) is 366 cm³/mol. The van der Waals surface area contributed by atoms with Crippen molar-refractivity contribution in [1.29, 1.82) is 0 Å². The maximum absolute atomic E-state index is 5.81. The van der Waals surface area contributed by atoms with Crippen LogP contribution >= 0.6 is 0 Å². The molecule has 0 bridgehead atoms. The molecule has 2 aromatic heterocycles. The number of para-hydroxylation sites is 1. The van der Waals surface area contributed by atoms with Gasteiger partial charge in [-0.25, -0.2) is 0 Å². The third-order valence-electron chi connectivity index (χ3n) is 12.2. The summed E-state index contributed by atoms with van der Waals surface area (Å²) < 4.78 is 9.88. The third kappa shape index (κ3) is 40.8. The van der Waals surface area contributed by atoms with Crippen molar-refractivity contribution in [2.75, 3.05) is 33.0 Å². The molecule has 3 aliphatic rings. The summed E-state index contributed by atoms with van der Waals surface area (Å²) in [4.78, 5) is 20.9. The standard InChI is InChI=1S/2C10H15N.C10H14.C9H15N.C9H13N.2C8H13N.2C5H12O/c1-8-7-9(5-6-11-8)10(2,3)4;1-10(2,3)8-6-4-5-7-9(8)11;1-10(2,3)9-7-5-4-6-8-9;1-9(2,3)6-8-4-5-10-7-8;1-9(2,3)8-6-4-5-7-10-8;1-8(2,3)7-4-5-9-6-7;1-8(2,3)7-5-4-6-9-7;2*1-5(2,3)6-4/h5-7H,1-4H3;4-7H,11H2,1-3H3;4-8H,1-3H3;4,7H,5-6H2,1-3H3;4-7H,1-3H3;4,6H,5H2,1-3H3;5-6H,4H2,1-3H3;2*1-4H3. The Morgan fingerprint density at radius 1 is 0.463 bits per heavy atom. The molecule has 0 atom stereocenters. The van der Waals surface area contributed by atoms with Gasteiger partial charge in [0, 0.05) is 85.3 Å². The van der Waals surface area contributed by atoms with Gasteiger partial charge in [0.05, 0.1) is 24.3 Å². The monoisotopic (exact) mass is 1130 g/mol. The Morgan fingerprint density at radius 2 is 0.951 bits per heavy atom. The lowest BCUT2D eigenvalue weighted by molar-refractivity contribution is 0.0394. The Hall–Kier alpha value is -5.31. The minimum absolute atomic E-state index is 0.0417. The number of pyridine rings is 2. The van der Waals surface area contributed by atoms with Crippen LogP contribution in [0.5, 0.6) is 0 Å². The number of aryl methyl sites for hydroxylation is 1. The molecule has 0 unspecified atom stereocenters. The second-order valence-corrected chi connectivity index (χ2v) is 30.3. The first kappa shape index (κ1) is 78.8. The van der Waals surface area contributed by atoms with Gasteiger partial charge in [-0.2, -0.15) is 0 Å². The van der Waals surface area contributed by atoms with Crippen LogP contribution in [0.4, 0.5) is 5.69 Å². The van der Waals surface area contributed by atoms with E-state index in [0.29, 0.717) is 16.2 Å². The maximum Gasteiger partial charge on any atom is 0.0594 e. The van der Waals surface area contributed by atoms with Crippen LogP contribution in [0.15, 0.2) is 147 Å².